The maximum absolute atomic E-state index is 12.7. The van der Waals surface area contributed by atoms with Gasteiger partial charge in [0.25, 0.3) is 5.91 Å². The van der Waals surface area contributed by atoms with Crippen molar-refractivity contribution in [2.75, 3.05) is 13.1 Å². The van der Waals surface area contributed by atoms with Crippen molar-refractivity contribution >= 4 is 11.8 Å². The summed E-state index contributed by atoms with van der Waals surface area (Å²) < 4.78 is 5.48. The molecule has 1 saturated heterocycles. The number of hydrogen-bond acceptors (Lipinski definition) is 4. The topological polar surface area (TPSA) is 75.4 Å². The van der Waals surface area contributed by atoms with Crippen LogP contribution in [0.5, 0.6) is 0 Å². The molecule has 2 amide bonds. The zero-order chi connectivity index (χ0) is 18.3. The molecule has 1 spiro atoms. The number of carbonyl (C=O) groups is 2. The van der Waals surface area contributed by atoms with Gasteiger partial charge in [0, 0.05) is 43.4 Å². The highest BCUT2D eigenvalue weighted by Crippen LogP contribution is 2.58. The van der Waals surface area contributed by atoms with Gasteiger partial charge in [-0.05, 0) is 44.4 Å². The highest BCUT2D eigenvalue weighted by Gasteiger charge is 2.61. The van der Waals surface area contributed by atoms with Crippen LogP contribution in [0.25, 0.3) is 0 Å². The third-order valence-electron chi connectivity index (χ3n) is 5.64. The third kappa shape index (κ3) is 3.00. The standard InChI is InChI=1S/C20H23N3O3/c1-13-8-16(14(2)26-13)19(25)23-7-5-20(12-23)9-17(20)18(24)22-11-15-4-3-6-21-10-15/h3-4,6,8,10,17H,5,7,9,11-12H2,1-2H3,(H,22,24)/t17-,20-/m0/s1. The quantitative estimate of drug-likeness (QED) is 0.916. The summed E-state index contributed by atoms with van der Waals surface area (Å²) in [6.07, 6.45) is 5.22. The maximum atomic E-state index is 12.7. The Morgan fingerprint density at radius 1 is 1.42 bits per heavy atom. The Kier molecular flexibility index (Phi) is 4.05. The van der Waals surface area contributed by atoms with Crippen LogP contribution in [-0.2, 0) is 11.3 Å². The second-order valence-electron chi connectivity index (χ2n) is 7.50. The lowest BCUT2D eigenvalue weighted by Gasteiger charge is -2.16. The average molecular weight is 353 g/mol. The van der Waals surface area contributed by atoms with Gasteiger partial charge in [-0.1, -0.05) is 6.07 Å². The predicted octanol–water partition coefficient (Wildman–Crippen LogP) is 2.46. The van der Waals surface area contributed by atoms with Crippen molar-refractivity contribution < 1.29 is 14.0 Å². The van der Waals surface area contributed by atoms with Crippen molar-refractivity contribution in [1.29, 1.82) is 0 Å². The molecule has 6 heteroatoms. The Morgan fingerprint density at radius 2 is 2.27 bits per heavy atom. The summed E-state index contributed by atoms with van der Waals surface area (Å²) >= 11 is 0. The number of rotatable bonds is 4. The van der Waals surface area contributed by atoms with Crippen LogP contribution in [0.15, 0.2) is 35.0 Å². The monoisotopic (exact) mass is 353 g/mol. The number of hydrogen-bond donors (Lipinski definition) is 1. The summed E-state index contributed by atoms with van der Waals surface area (Å²) in [5.41, 5.74) is 1.59. The number of nitrogens with one attached hydrogen (secondary N) is 1. The first-order valence-electron chi connectivity index (χ1n) is 9.01. The Bertz CT molecular complexity index is 845. The van der Waals surface area contributed by atoms with Gasteiger partial charge >= 0.3 is 0 Å². The van der Waals surface area contributed by atoms with E-state index >= 15 is 0 Å². The van der Waals surface area contributed by atoms with Crippen molar-refractivity contribution in [1.82, 2.24) is 15.2 Å². The fourth-order valence-electron chi connectivity index (χ4n) is 4.07. The summed E-state index contributed by atoms with van der Waals surface area (Å²) in [4.78, 5) is 31.2. The van der Waals surface area contributed by atoms with Gasteiger partial charge in [0.05, 0.1) is 5.56 Å². The first-order chi connectivity index (χ1) is 12.5. The van der Waals surface area contributed by atoms with Gasteiger partial charge in [0.15, 0.2) is 0 Å². The SMILES string of the molecule is Cc1cc(C(=O)N2CC[C@]3(C[C@H]3C(=O)NCc3cccnc3)C2)c(C)o1. The number of aryl methyl sites for hydroxylation is 2. The molecule has 3 heterocycles. The van der Waals surface area contributed by atoms with Crippen LogP contribution in [-0.4, -0.2) is 34.8 Å². The Morgan fingerprint density at radius 3 is 2.96 bits per heavy atom. The molecule has 6 nitrogen and oxygen atoms in total. The van der Waals surface area contributed by atoms with Gasteiger partial charge < -0.3 is 14.6 Å². The van der Waals surface area contributed by atoms with E-state index in [1.54, 1.807) is 18.5 Å². The Hall–Kier alpha value is -2.63. The van der Waals surface area contributed by atoms with E-state index in [-0.39, 0.29) is 23.1 Å². The molecule has 0 bridgehead atoms. The van der Waals surface area contributed by atoms with Gasteiger partial charge in [-0.3, -0.25) is 14.6 Å². The summed E-state index contributed by atoms with van der Waals surface area (Å²) in [7, 11) is 0. The zero-order valence-corrected chi connectivity index (χ0v) is 15.1. The van der Waals surface area contributed by atoms with Crippen LogP contribution < -0.4 is 5.32 Å². The van der Waals surface area contributed by atoms with Crippen LogP contribution in [0.1, 0.15) is 40.3 Å². The second-order valence-corrected chi connectivity index (χ2v) is 7.50. The van der Waals surface area contributed by atoms with Crippen molar-refractivity contribution in [2.45, 2.75) is 33.2 Å². The molecule has 2 fully saturated rings. The number of furan rings is 1. The summed E-state index contributed by atoms with van der Waals surface area (Å²) in [5, 5.41) is 3.00. The van der Waals surface area contributed by atoms with Gasteiger partial charge in [0.2, 0.25) is 5.91 Å². The number of pyridine rings is 1. The molecule has 1 saturated carbocycles. The second kappa shape index (κ2) is 6.27. The lowest BCUT2D eigenvalue weighted by Crippen LogP contribution is -2.31. The number of amides is 2. The van der Waals surface area contributed by atoms with Crippen molar-refractivity contribution in [3.8, 4) is 0 Å². The molecule has 0 unspecified atom stereocenters. The molecular formula is C20H23N3O3. The Labute approximate surface area is 152 Å². The molecule has 2 aromatic heterocycles. The maximum Gasteiger partial charge on any atom is 0.257 e. The van der Waals surface area contributed by atoms with Gasteiger partial charge in [-0.2, -0.15) is 0 Å². The Balaban J connectivity index is 1.35. The minimum Gasteiger partial charge on any atom is -0.466 e. The van der Waals surface area contributed by atoms with Crippen LogP contribution in [0.2, 0.25) is 0 Å². The molecule has 0 aromatic carbocycles. The number of carbonyl (C=O) groups excluding carboxylic acids is 2. The summed E-state index contributed by atoms with van der Waals surface area (Å²) in [6.45, 7) is 5.52. The normalized spacial score (nSPS) is 24.1. The lowest BCUT2D eigenvalue weighted by molar-refractivity contribution is -0.123. The van der Waals surface area contributed by atoms with E-state index in [2.05, 4.69) is 10.3 Å². The van der Waals surface area contributed by atoms with Crippen LogP contribution in [0.3, 0.4) is 0 Å². The van der Waals surface area contributed by atoms with Gasteiger partial charge in [0.1, 0.15) is 11.5 Å². The summed E-state index contributed by atoms with van der Waals surface area (Å²) in [6, 6.07) is 5.61. The molecule has 2 aromatic rings. The molecule has 136 valence electrons. The highest BCUT2D eigenvalue weighted by molar-refractivity contribution is 5.95. The molecule has 1 aliphatic heterocycles. The van der Waals surface area contributed by atoms with Crippen LogP contribution in [0.4, 0.5) is 0 Å². The minimum atomic E-state index is -0.0403. The third-order valence-corrected chi connectivity index (χ3v) is 5.64. The van der Waals surface area contributed by atoms with Crippen molar-refractivity contribution in [3.05, 3.63) is 53.2 Å². The van der Waals surface area contributed by atoms with E-state index in [0.717, 1.165) is 24.2 Å². The molecule has 26 heavy (non-hydrogen) atoms. The van der Waals surface area contributed by atoms with E-state index in [1.807, 2.05) is 30.9 Å². The van der Waals surface area contributed by atoms with E-state index in [1.165, 1.54) is 0 Å². The lowest BCUT2D eigenvalue weighted by atomic mass is 10.0. The predicted molar refractivity (Wildman–Crippen MR) is 95.3 cm³/mol. The number of aromatic nitrogens is 1. The van der Waals surface area contributed by atoms with E-state index in [4.69, 9.17) is 4.42 Å². The average Bonchev–Trinajstić information content (AvgIpc) is 2.98. The van der Waals surface area contributed by atoms with Crippen molar-refractivity contribution in [2.24, 2.45) is 11.3 Å². The fourth-order valence-corrected chi connectivity index (χ4v) is 4.07. The molecule has 1 N–H and O–H groups in total. The molecule has 2 atom stereocenters. The van der Waals surface area contributed by atoms with Crippen molar-refractivity contribution in [3.63, 3.8) is 0 Å². The largest absolute Gasteiger partial charge is 0.466 e. The first-order valence-corrected chi connectivity index (χ1v) is 9.01. The van der Waals surface area contributed by atoms with E-state index in [9.17, 15) is 9.59 Å². The van der Waals surface area contributed by atoms with E-state index in [0.29, 0.717) is 31.0 Å². The zero-order valence-electron chi connectivity index (χ0n) is 15.1. The molecule has 1 aliphatic carbocycles. The molecular weight excluding hydrogens is 330 g/mol. The highest BCUT2D eigenvalue weighted by atomic mass is 16.3. The fraction of sp³-hybridized carbons (Fsp3) is 0.450. The van der Waals surface area contributed by atoms with Gasteiger partial charge in [-0.25, -0.2) is 0 Å². The van der Waals surface area contributed by atoms with E-state index < -0.39 is 0 Å². The van der Waals surface area contributed by atoms with Crippen LogP contribution >= 0.6 is 0 Å². The molecule has 2 aliphatic rings. The number of nitrogens with zero attached hydrogens (tertiary/aromatic N) is 2. The minimum absolute atomic E-state index is 0.00385. The number of likely N-dealkylation sites (tertiary alicyclic amines) is 1. The van der Waals surface area contributed by atoms with Crippen LogP contribution in [0, 0.1) is 25.2 Å². The smallest absolute Gasteiger partial charge is 0.257 e. The summed E-state index contributed by atoms with van der Waals surface area (Å²) in [5.74, 6) is 1.51. The molecule has 4 rings (SSSR count). The molecule has 0 radical (unpaired) electrons. The van der Waals surface area contributed by atoms with Gasteiger partial charge in [-0.15, -0.1) is 0 Å². The first kappa shape index (κ1) is 16.8.